The number of aromatic nitrogens is 2. The van der Waals surface area contributed by atoms with E-state index in [1.54, 1.807) is 24.3 Å². The Labute approximate surface area is 137 Å². The lowest BCUT2D eigenvalue weighted by molar-refractivity contribution is -0.142. The highest BCUT2D eigenvalue weighted by Crippen LogP contribution is 2.16. The van der Waals surface area contributed by atoms with Crippen LogP contribution in [0.2, 0.25) is 0 Å². The third kappa shape index (κ3) is 3.27. The highest BCUT2D eigenvalue weighted by molar-refractivity contribution is 6.01. The van der Waals surface area contributed by atoms with E-state index in [9.17, 15) is 19.5 Å². The van der Waals surface area contributed by atoms with Crippen LogP contribution in [0.4, 0.5) is 0 Å². The van der Waals surface area contributed by atoms with Crippen LogP contribution in [-0.4, -0.2) is 44.9 Å². The van der Waals surface area contributed by atoms with E-state index < -0.39 is 24.0 Å². The standard InChI is InChI=1S/C16H16N4O4/c21-14-11-4-2-1-3-9(11)5-12(19-14)15(22)20-13(16(23)24)6-10-7-17-8-18-10/h1-4,7-8,12-13H,5-6H2,(H,17,18)(H,19,21)(H,20,22)(H,23,24)/t12-,13-/m0/s1. The first-order valence-corrected chi connectivity index (χ1v) is 7.44. The Morgan fingerprint density at radius 1 is 1.38 bits per heavy atom. The third-order valence-electron chi connectivity index (χ3n) is 3.90. The number of hydrogen-bond donors (Lipinski definition) is 4. The molecule has 8 nitrogen and oxygen atoms in total. The first-order valence-electron chi connectivity index (χ1n) is 7.44. The molecule has 1 aromatic carbocycles. The number of aromatic amines is 1. The predicted molar refractivity (Wildman–Crippen MR) is 83.3 cm³/mol. The second-order valence-electron chi connectivity index (χ2n) is 5.57. The topological polar surface area (TPSA) is 124 Å². The number of benzene rings is 1. The number of aliphatic carboxylic acids is 1. The summed E-state index contributed by atoms with van der Waals surface area (Å²) in [6, 6.07) is 5.13. The van der Waals surface area contributed by atoms with E-state index in [0.717, 1.165) is 5.56 Å². The molecule has 0 radical (unpaired) electrons. The van der Waals surface area contributed by atoms with Crippen molar-refractivity contribution in [2.24, 2.45) is 0 Å². The van der Waals surface area contributed by atoms with Crippen molar-refractivity contribution in [3.8, 4) is 0 Å². The van der Waals surface area contributed by atoms with Gasteiger partial charge in [0, 0.05) is 30.3 Å². The molecule has 24 heavy (non-hydrogen) atoms. The molecular weight excluding hydrogens is 312 g/mol. The lowest BCUT2D eigenvalue weighted by Gasteiger charge is -2.26. The fourth-order valence-electron chi connectivity index (χ4n) is 2.67. The zero-order chi connectivity index (χ0) is 17.1. The molecule has 0 fully saturated rings. The first-order chi connectivity index (χ1) is 11.5. The number of carboxylic acid groups (broad SMARTS) is 1. The van der Waals surface area contributed by atoms with Crippen LogP contribution in [0.1, 0.15) is 21.6 Å². The van der Waals surface area contributed by atoms with Gasteiger partial charge in [-0.2, -0.15) is 0 Å². The summed E-state index contributed by atoms with van der Waals surface area (Å²) in [6.07, 6.45) is 3.34. The maximum Gasteiger partial charge on any atom is 0.326 e. The summed E-state index contributed by atoms with van der Waals surface area (Å²) in [5, 5.41) is 14.4. The number of carboxylic acids is 1. The molecule has 2 heterocycles. The van der Waals surface area contributed by atoms with Gasteiger partial charge in [-0.25, -0.2) is 9.78 Å². The highest BCUT2D eigenvalue weighted by Gasteiger charge is 2.31. The molecule has 3 rings (SSSR count). The molecule has 0 bridgehead atoms. The average molecular weight is 328 g/mol. The van der Waals surface area contributed by atoms with E-state index in [-0.39, 0.29) is 12.3 Å². The number of rotatable bonds is 5. The van der Waals surface area contributed by atoms with Gasteiger partial charge in [0.25, 0.3) is 5.91 Å². The number of hydrogen-bond acceptors (Lipinski definition) is 4. The van der Waals surface area contributed by atoms with Crippen molar-refractivity contribution in [2.45, 2.75) is 24.9 Å². The van der Waals surface area contributed by atoms with Crippen LogP contribution in [0.15, 0.2) is 36.8 Å². The van der Waals surface area contributed by atoms with E-state index >= 15 is 0 Å². The van der Waals surface area contributed by atoms with E-state index in [0.29, 0.717) is 17.7 Å². The summed E-state index contributed by atoms with van der Waals surface area (Å²) >= 11 is 0. The van der Waals surface area contributed by atoms with Crippen LogP contribution in [0.25, 0.3) is 0 Å². The number of carbonyl (C=O) groups is 3. The van der Waals surface area contributed by atoms with Gasteiger partial charge in [0.15, 0.2) is 0 Å². The van der Waals surface area contributed by atoms with Crippen molar-refractivity contribution in [3.05, 3.63) is 53.6 Å². The molecule has 0 saturated carbocycles. The predicted octanol–water partition coefficient (Wildman–Crippen LogP) is -0.124. The molecular formula is C16H16N4O4. The number of fused-ring (bicyclic) bond motifs is 1. The maximum atomic E-state index is 12.4. The largest absolute Gasteiger partial charge is 0.480 e. The molecule has 1 aromatic heterocycles. The molecule has 0 aliphatic carbocycles. The minimum absolute atomic E-state index is 0.0817. The van der Waals surface area contributed by atoms with Gasteiger partial charge in [-0.3, -0.25) is 9.59 Å². The summed E-state index contributed by atoms with van der Waals surface area (Å²) in [4.78, 5) is 42.4. The molecule has 0 unspecified atom stereocenters. The fourth-order valence-corrected chi connectivity index (χ4v) is 2.67. The Hall–Kier alpha value is -3.16. The molecule has 1 aliphatic rings. The smallest absolute Gasteiger partial charge is 0.326 e. The highest BCUT2D eigenvalue weighted by atomic mass is 16.4. The molecule has 0 spiro atoms. The van der Waals surface area contributed by atoms with Crippen LogP contribution in [-0.2, 0) is 22.4 Å². The summed E-state index contributed by atoms with van der Waals surface area (Å²) in [6.45, 7) is 0. The quantitative estimate of drug-likeness (QED) is 0.609. The van der Waals surface area contributed by atoms with E-state index in [1.165, 1.54) is 12.5 Å². The normalized spacial score (nSPS) is 17.5. The minimum Gasteiger partial charge on any atom is -0.480 e. The van der Waals surface area contributed by atoms with Crippen LogP contribution >= 0.6 is 0 Å². The number of H-pyrrole nitrogens is 1. The number of imidazole rings is 1. The molecule has 2 amide bonds. The second-order valence-corrected chi connectivity index (χ2v) is 5.57. The van der Waals surface area contributed by atoms with Gasteiger partial charge in [0.2, 0.25) is 5.91 Å². The molecule has 2 aromatic rings. The van der Waals surface area contributed by atoms with Crippen molar-refractivity contribution >= 4 is 17.8 Å². The summed E-state index contributed by atoms with van der Waals surface area (Å²) < 4.78 is 0. The lowest BCUT2D eigenvalue weighted by atomic mass is 9.94. The molecule has 8 heteroatoms. The fraction of sp³-hybridized carbons (Fsp3) is 0.250. The third-order valence-corrected chi connectivity index (χ3v) is 3.90. The van der Waals surface area contributed by atoms with Gasteiger partial charge in [-0.1, -0.05) is 18.2 Å². The van der Waals surface area contributed by atoms with E-state index in [4.69, 9.17) is 0 Å². The number of carbonyl (C=O) groups excluding carboxylic acids is 2. The van der Waals surface area contributed by atoms with Gasteiger partial charge in [-0.05, 0) is 11.6 Å². The van der Waals surface area contributed by atoms with Gasteiger partial charge in [0.05, 0.1) is 6.33 Å². The molecule has 1 aliphatic heterocycles. The Kier molecular flexibility index (Phi) is 4.28. The molecule has 124 valence electrons. The number of nitrogens with zero attached hydrogens (tertiary/aromatic N) is 1. The van der Waals surface area contributed by atoms with Crippen molar-refractivity contribution in [2.75, 3.05) is 0 Å². The van der Waals surface area contributed by atoms with Gasteiger partial charge >= 0.3 is 5.97 Å². The Morgan fingerprint density at radius 2 is 2.17 bits per heavy atom. The van der Waals surface area contributed by atoms with Crippen LogP contribution in [0, 0.1) is 0 Å². The van der Waals surface area contributed by atoms with Crippen LogP contribution < -0.4 is 10.6 Å². The zero-order valence-corrected chi connectivity index (χ0v) is 12.7. The lowest BCUT2D eigenvalue weighted by Crippen LogP contribution is -2.54. The van der Waals surface area contributed by atoms with Gasteiger partial charge in [-0.15, -0.1) is 0 Å². The van der Waals surface area contributed by atoms with Crippen molar-refractivity contribution < 1.29 is 19.5 Å². The number of amides is 2. The van der Waals surface area contributed by atoms with Crippen LogP contribution in [0.5, 0.6) is 0 Å². The Bertz CT molecular complexity index is 772. The Balaban J connectivity index is 1.70. The molecule has 2 atom stereocenters. The van der Waals surface area contributed by atoms with Gasteiger partial charge < -0.3 is 20.7 Å². The van der Waals surface area contributed by atoms with Crippen molar-refractivity contribution in [1.82, 2.24) is 20.6 Å². The SMILES string of the molecule is O=C1N[C@H](C(=O)N[C@@H](Cc2cnc[nH]2)C(=O)O)Cc2ccccc21. The Morgan fingerprint density at radius 3 is 2.88 bits per heavy atom. The minimum atomic E-state index is -1.15. The van der Waals surface area contributed by atoms with Crippen molar-refractivity contribution in [3.63, 3.8) is 0 Å². The van der Waals surface area contributed by atoms with E-state index in [2.05, 4.69) is 20.6 Å². The molecule has 4 N–H and O–H groups in total. The molecule has 0 saturated heterocycles. The van der Waals surface area contributed by atoms with Gasteiger partial charge in [0.1, 0.15) is 12.1 Å². The monoisotopic (exact) mass is 328 g/mol. The second kappa shape index (κ2) is 6.53. The van der Waals surface area contributed by atoms with Crippen LogP contribution in [0.3, 0.4) is 0 Å². The van der Waals surface area contributed by atoms with Crippen molar-refractivity contribution in [1.29, 1.82) is 0 Å². The summed E-state index contributed by atoms with van der Waals surface area (Å²) in [5.74, 6) is -2.01. The van der Waals surface area contributed by atoms with E-state index in [1.807, 2.05) is 0 Å². The number of nitrogens with one attached hydrogen (secondary N) is 3. The summed E-state index contributed by atoms with van der Waals surface area (Å²) in [5.41, 5.74) is 1.90. The summed E-state index contributed by atoms with van der Waals surface area (Å²) in [7, 11) is 0. The first kappa shape index (κ1) is 15.7. The average Bonchev–Trinajstić information content (AvgIpc) is 3.07. The zero-order valence-electron chi connectivity index (χ0n) is 12.7. The maximum absolute atomic E-state index is 12.4.